The number of rotatable bonds is 8. The second-order valence-corrected chi connectivity index (χ2v) is 8.35. The van der Waals surface area contributed by atoms with E-state index < -0.39 is 5.97 Å². The van der Waals surface area contributed by atoms with Gasteiger partial charge in [0.2, 0.25) is 11.8 Å². The summed E-state index contributed by atoms with van der Waals surface area (Å²) in [6.45, 7) is 6.08. The third-order valence-corrected chi connectivity index (χ3v) is 5.99. The van der Waals surface area contributed by atoms with Crippen molar-refractivity contribution in [1.29, 1.82) is 0 Å². The monoisotopic (exact) mass is 431 g/mol. The third kappa shape index (κ3) is 5.45. The highest BCUT2D eigenvalue weighted by molar-refractivity contribution is 7.99. The molecule has 2 heterocycles. The highest BCUT2D eigenvalue weighted by Crippen LogP contribution is 2.33. The number of aromatic nitrogens is 2. The Hall–Kier alpha value is -2.65. The van der Waals surface area contributed by atoms with Crippen molar-refractivity contribution in [1.82, 2.24) is 10.2 Å². The standard InChI is InChI=1S/C20H21N3O4S2/c1-4-26-19(25)14-10-15(12(2)3)29-18(14)21-16(24)11-28-20-23-22-17(27-20)13-8-6-5-7-9-13/h5-10,12H,4,11H2,1-3H3,(H,21,24). The van der Waals surface area contributed by atoms with Crippen LogP contribution in [0.5, 0.6) is 0 Å². The van der Waals surface area contributed by atoms with Gasteiger partial charge in [-0.1, -0.05) is 43.8 Å². The van der Waals surface area contributed by atoms with Gasteiger partial charge in [-0.3, -0.25) is 4.79 Å². The molecular formula is C20H21N3O4S2. The number of carbonyl (C=O) groups excluding carboxylic acids is 2. The van der Waals surface area contributed by atoms with Crippen molar-refractivity contribution < 1.29 is 18.7 Å². The lowest BCUT2D eigenvalue weighted by Crippen LogP contribution is -2.15. The summed E-state index contributed by atoms with van der Waals surface area (Å²) in [4.78, 5) is 25.6. The van der Waals surface area contributed by atoms with E-state index in [0.717, 1.165) is 22.2 Å². The number of esters is 1. The molecule has 29 heavy (non-hydrogen) atoms. The van der Waals surface area contributed by atoms with E-state index in [1.165, 1.54) is 11.3 Å². The van der Waals surface area contributed by atoms with Crippen molar-refractivity contribution in [3.05, 3.63) is 46.8 Å². The molecule has 7 nitrogen and oxygen atoms in total. The molecule has 0 bridgehead atoms. The fourth-order valence-electron chi connectivity index (χ4n) is 2.40. The lowest BCUT2D eigenvalue weighted by Gasteiger charge is -2.05. The summed E-state index contributed by atoms with van der Waals surface area (Å²) in [5, 5.41) is 11.6. The number of amides is 1. The van der Waals surface area contributed by atoms with Crippen molar-refractivity contribution in [2.75, 3.05) is 17.7 Å². The second kappa shape index (κ2) is 9.71. The van der Waals surface area contributed by atoms with Gasteiger partial charge in [-0.05, 0) is 31.0 Å². The first-order valence-electron chi connectivity index (χ1n) is 9.10. The minimum atomic E-state index is -0.442. The summed E-state index contributed by atoms with van der Waals surface area (Å²) in [7, 11) is 0. The van der Waals surface area contributed by atoms with Gasteiger partial charge >= 0.3 is 5.97 Å². The molecule has 0 unspecified atom stereocenters. The molecule has 3 rings (SSSR count). The van der Waals surface area contributed by atoms with Crippen molar-refractivity contribution in [3.63, 3.8) is 0 Å². The van der Waals surface area contributed by atoms with E-state index in [1.54, 1.807) is 13.0 Å². The molecule has 0 fully saturated rings. The van der Waals surface area contributed by atoms with Crippen LogP contribution in [0.4, 0.5) is 5.00 Å². The van der Waals surface area contributed by atoms with Gasteiger partial charge in [-0.2, -0.15) is 0 Å². The first-order valence-corrected chi connectivity index (χ1v) is 10.9. The van der Waals surface area contributed by atoms with Crippen LogP contribution in [0.15, 0.2) is 46.0 Å². The zero-order chi connectivity index (χ0) is 20.8. The fourth-order valence-corrected chi connectivity index (χ4v) is 4.03. The maximum Gasteiger partial charge on any atom is 0.341 e. The van der Waals surface area contributed by atoms with Crippen LogP contribution < -0.4 is 5.32 Å². The lowest BCUT2D eigenvalue weighted by atomic mass is 10.1. The maximum absolute atomic E-state index is 12.4. The number of thiophene rings is 1. The molecular weight excluding hydrogens is 410 g/mol. The number of nitrogens with one attached hydrogen (secondary N) is 1. The van der Waals surface area contributed by atoms with Crippen LogP contribution in [0.1, 0.15) is 41.9 Å². The molecule has 1 N–H and O–H groups in total. The van der Waals surface area contributed by atoms with Gasteiger partial charge in [0.25, 0.3) is 5.22 Å². The number of hydrogen-bond donors (Lipinski definition) is 1. The first-order chi connectivity index (χ1) is 14.0. The zero-order valence-corrected chi connectivity index (χ0v) is 17.9. The van der Waals surface area contributed by atoms with Gasteiger partial charge in [-0.25, -0.2) is 4.79 Å². The molecule has 152 valence electrons. The molecule has 0 atom stereocenters. The normalized spacial score (nSPS) is 10.9. The van der Waals surface area contributed by atoms with E-state index in [4.69, 9.17) is 9.15 Å². The Bertz CT molecular complexity index is 983. The van der Waals surface area contributed by atoms with Crippen LogP contribution in [0.2, 0.25) is 0 Å². The number of anilines is 1. The molecule has 0 aliphatic heterocycles. The van der Waals surface area contributed by atoms with Crippen molar-refractivity contribution in [2.45, 2.75) is 31.9 Å². The lowest BCUT2D eigenvalue weighted by molar-refractivity contribution is -0.113. The Labute approximate surface area is 176 Å². The van der Waals surface area contributed by atoms with E-state index >= 15 is 0 Å². The minimum Gasteiger partial charge on any atom is -0.462 e. The summed E-state index contributed by atoms with van der Waals surface area (Å²) in [5.74, 6) is 0.00857. The largest absolute Gasteiger partial charge is 0.462 e. The molecule has 0 aliphatic carbocycles. The van der Waals surface area contributed by atoms with Gasteiger partial charge in [-0.15, -0.1) is 21.5 Å². The summed E-state index contributed by atoms with van der Waals surface area (Å²) in [6, 6.07) is 11.2. The second-order valence-electron chi connectivity index (χ2n) is 6.34. The SMILES string of the molecule is CCOC(=O)c1cc(C(C)C)sc1NC(=O)CSc1nnc(-c2ccccc2)o1. The van der Waals surface area contributed by atoms with E-state index in [9.17, 15) is 9.59 Å². The predicted octanol–water partition coefficient (Wildman–Crippen LogP) is 4.83. The summed E-state index contributed by atoms with van der Waals surface area (Å²) in [5.41, 5.74) is 1.19. The quantitative estimate of drug-likeness (QED) is 0.403. The van der Waals surface area contributed by atoms with Gasteiger partial charge in [0.05, 0.1) is 17.9 Å². The van der Waals surface area contributed by atoms with Crippen LogP contribution in [-0.2, 0) is 9.53 Å². The number of ether oxygens (including phenoxy) is 1. The topological polar surface area (TPSA) is 94.3 Å². The van der Waals surface area contributed by atoms with Crippen LogP contribution in [0.25, 0.3) is 11.5 Å². The highest BCUT2D eigenvalue weighted by Gasteiger charge is 2.20. The van der Waals surface area contributed by atoms with E-state index in [0.29, 0.717) is 21.7 Å². The van der Waals surface area contributed by atoms with Crippen molar-refractivity contribution in [3.8, 4) is 11.5 Å². The fraction of sp³-hybridized carbons (Fsp3) is 0.300. The molecule has 9 heteroatoms. The van der Waals surface area contributed by atoms with Crippen LogP contribution in [-0.4, -0.2) is 34.4 Å². The van der Waals surface area contributed by atoms with Crippen molar-refractivity contribution >= 4 is 40.0 Å². The van der Waals surface area contributed by atoms with Gasteiger partial charge in [0.1, 0.15) is 5.00 Å². The molecule has 0 radical (unpaired) electrons. The molecule has 3 aromatic rings. The number of nitrogens with zero attached hydrogens (tertiary/aromatic N) is 2. The molecule has 0 saturated carbocycles. The molecule has 2 aromatic heterocycles. The number of carbonyl (C=O) groups is 2. The first kappa shape index (κ1) is 21.1. The van der Waals surface area contributed by atoms with E-state index in [2.05, 4.69) is 15.5 Å². The minimum absolute atomic E-state index is 0.0770. The van der Waals surface area contributed by atoms with Gasteiger partial charge in [0.15, 0.2) is 0 Å². The number of hydrogen-bond acceptors (Lipinski definition) is 8. The van der Waals surface area contributed by atoms with Crippen molar-refractivity contribution in [2.24, 2.45) is 0 Å². The third-order valence-electron chi connectivity index (χ3n) is 3.82. The molecule has 0 saturated heterocycles. The molecule has 0 aliphatic rings. The van der Waals surface area contributed by atoms with Gasteiger partial charge < -0.3 is 14.5 Å². The molecule has 1 amide bonds. The predicted molar refractivity (Wildman–Crippen MR) is 113 cm³/mol. The summed E-state index contributed by atoms with van der Waals surface area (Å²) < 4.78 is 10.7. The Morgan fingerprint density at radius 1 is 1.24 bits per heavy atom. The Kier molecular flexibility index (Phi) is 7.05. The molecule has 0 spiro atoms. The Morgan fingerprint density at radius 2 is 2.00 bits per heavy atom. The van der Waals surface area contributed by atoms with Crippen LogP contribution in [0.3, 0.4) is 0 Å². The number of thioether (sulfide) groups is 1. The molecule has 1 aromatic carbocycles. The van der Waals surface area contributed by atoms with Gasteiger partial charge in [0, 0.05) is 10.4 Å². The van der Waals surface area contributed by atoms with E-state index in [-0.39, 0.29) is 24.2 Å². The van der Waals surface area contributed by atoms with E-state index in [1.807, 2.05) is 44.2 Å². The Balaban J connectivity index is 1.64. The maximum atomic E-state index is 12.4. The Morgan fingerprint density at radius 3 is 2.69 bits per heavy atom. The summed E-state index contributed by atoms with van der Waals surface area (Å²) in [6.07, 6.45) is 0. The smallest absolute Gasteiger partial charge is 0.341 e. The zero-order valence-electron chi connectivity index (χ0n) is 16.3. The summed E-state index contributed by atoms with van der Waals surface area (Å²) >= 11 is 2.52. The average molecular weight is 432 g/mol. The highest BCUT2D eigenvalue weighted by atomic mass is 32.2. The number of benzene rings is 1. The van der Waals surface area contributed by atoms with Crippen LogP contribution in [0, 0.1) is 0 Å². The van der Waals surface area contributed by atoms with Crippen LogP contribution >= 0.6 is 23.1 Å². The average Bonchev–Trinajstić information content (AvgIpc) is 3.35.